The van der Waals surface area contributed by atoms with Crippen LogP contribution in [0.5, 0.6) is 11.5 Å². The number of nitrogens with zero attached hydrogens (tertiary/aromatic N) is 2. The van der Waals surface area contributed by atoms with Crippen LogP contribution < -0.4 is 14.4 Å². The van der Waals surface area contributed by atoms with Gasteiger partial charge >= 0.3 is 0 Å². The Morgan fingerprint density at radius 2 is 1.72 bits per heavy atom. The van der Waals surface area contributed by atoms with Gasteiger partial charge in [-0.15, -0.1) is 0 Å². The zero-order chi connectivity index (χ0) is 28.3. The molecule has 0 spiro atoms. The van der Waals surface area contributed by atoms with Crippen LogP contribution >= 0.6 is 11.6 Å². The van der Waals surface area contributed by atoms with Crippen molar-refractivity contribution in [1.29, 1.82) is 5.26 Å². The molecule has 0 saturated heterocycles. The molecular weight excluding hydrogens is 512 g/mol. The Balaban J connectivity index is 1.81. The van der Waals surface area contributed by atoms with E-state index in [1.54, 1.807) is 24.1 Å². The summed E-state index contributed by atoms with van der Waals surface area (Å²) in [5, 5.41) is 10.3. The normalized spacial score (nSPS) is 15.6. The van der Waals surface area contributed by atoms with Gasteiger partial charge in [-0.2, -0.15) is 5.26 Å². The molecule has 202 valence electrons. The standard InChI is InChI=1S/C32H33ClN2O4/c1-19(2)14-28(36)27(18-34)21-8-12-25(13-9-21)35-31(37)16-23-15-29(38-5)30(39-20(3)4)17-26(23)32(35)22-6-10-24(33)11-7-22/h6-13,15,17,19-20,27,32H,14,16H2,1-5H3/t27?,32-/m0/s1. The Labute approximate surface area is 235 Å². The third-order valence-electron chi connectivity index (χ3n) is 6.70. The summed E-state index contributed by atoms with van der Waals surface area (Å²) in [6.07, 6.45) is 0.462. The van der Waals surface area contributed by atoms with E-state index in [9.17, 15) is 14.9 Å². The Hall–Kier alpha value is -3.82. The number of rotatable bonds is 9. The molecule has 1 unspecified atom stereocenters. The highest BCUT2D eigenvalue weighted by Gasteiger charge is 2.36. The Morgan fingerprint density at radius 1 is 1.05 bits per heavy atom. The van der Waals surface area contributed by atoms with E-state index in [1.807, 2.05) is 76.2 Å². The maximum absolute atomic E-state index is 13.7. The third-order valence-corrected chi connectivity index (χ3v) is 6.95. The molecule has 0 aliphatic carbocycles. The van der Waals surface area contributed by atoms with Crippen molar-refractivity contribution in [3.8, 4) is 17.6 Å². The predicted molar refractivity (Wildman–Crippen MR) is 153 cm³/mol. The first-order chi connectivity index (χ1) is 18.6. The van der Waals surface area contributed by atoms with Crippen molar-refractivity contribution in [1.82, 2.24) is 0 Å². The first-order valence-corrected chi connectivity index (χ1v) is 13.5. The topological polar surface area (TPSA) is 79.6 Å². The zero-order valence-electron chi connectivity index (χ0n) is 22.9. The maximum Gasteiger partial charge on any atom is 0.232 e. The lowest BCUT2D eigenvalue weighted by Crippen LogP contribution is -2.41. The number of ketones is 1. The molecule has 3 aromatic carbocycles. The smallest absolute Gasteiger partial charge is 0.232 e. The van der Waals surface area contributed by atoms with E-state index in [2.05, 4.69) is 6.07 Å². The summed E-state index contributed by atoms with van der Waals surface area (Å²) in [4.78, 5) is 28.1. The molecule has 0 saturated carbocycles. The van der Waals surface area contributed by atoms with Gasteiger partial charge in [0.05, 0.1) is 31.7 Å². The van der Waals surface area contributed by atoms with Crippen molar-refractivity contribution in [2.24, 2.45) is 5.92 Å². The second-order valence-electron chi connectivity index (χ2n) is 10.5. The summed E-state index contributed by atoms with van der Waals surface area (Å²) in [7, 11) is 1.59. The summed E-state index contributed by atoms with van der Waals surface area (Å²) in [6.45, 7) is 7.82. The van der Waals surface area contributed by atoms with Crippen LogP contribution in [0.3, 0.4) is 0 Å². The summed E-state index contributed by atoms with van der Waals surface area (Å²) < 4.78 is 11.6. The van der Waals surface area contributed by atoms with Crippen molar-refractivity contribution in [2.75, 3.05) is 12.0 Å². The van der Waals surface area contributed by atoms with Gasteiger partial charge in [0.25, 0.3) is 0 Å². The van der Waals surface area contributed by atoms with Crippen molar-refractivity contribution in [2.45, 2.75) is 58.6 Å². The van der Waals surface area contributed by atoms with Crippen LogP contribution in [0.15, 0.2) is 60.7 Å². The quantitative estimate of drug-likeness (QED) is 0.289. The average molecular weight is 545 g/mol. The molecule has 2 atom stereocenters. The molecule has 4 rings (SSSR count). The number of methoxy groups -OCH3 is 1. The predicted octanol–water partition coefficient (Wildman–Crippen LogP) is 7.04. The van der Waals surface area contributed by atoms with Crippen molar-refractivity contribution in [3.63, 3.8) is 0 Å². The minimum atomic E-state index is -0.838. The van der Waals surface area contributed by atoms with Gasteiger partial charge in [-0.1, -0.05) is 49.7 Å². The van der Waals surface area contributed by atoms with E-state index in [-0.39, 0.29) is 30.1 Å². The molecule has 0 fully saturated rings. The first-order valence-electron chi connectivity index (χ1n) is 13.1. The maximum atomic E-state index is 13.7. The molecule has 39 heavy (non-hydrogen) atoms. The van der Waals surface area contributed by atoms with Crippen molar-refractivity contribution in [3.05, 3.63) is 87.9 Å². The largest absolute Gasteiger partial charge is 0.493 e. The van der Waals surface area contributed by atoms with E-state index >= 15 is 0 Å². The second kappa shape index (κ2) is 11.9. The van der Waals surface area contributed by atoms with E-state index in [0.29, 0.717) is 34.2 Å². The van der Waals surface area contributed by atoms with E-state index in [1.165, 1.54) is 0 Å². The van der Waals surface area contributed by atoms with Crippen LogP contribution in [-0.2, 0) is 16.0 Å². The number of halogens is 1. The number of benzene rings is 3. The van der Waals surface area contributed by atoms with E-state index < -0.39 is 12.0 Å². The number of carbonyl (C=O) groups excluding carboxylic acids is 2. The minimum Gasteiger partial charge on any atom is -0.493 e. The van der Waals surface area contributed by atoms with Crippen molar-refractivity contribution >= 4 is 29.0 Å². The number of fused-ring (bicyclic) bond motifs is 1. The minimum absolute atomic E-state index is 0.0636. The Kier molecular flexibility index (Phi) is 8.62. The highest BCUT2D eigenvalue weighted by atomic mass is 35.5. The van der Waals surface area contributed by atoms with Gasteiger partial charge in [0.2, 0.25) is 5.91 Å². The number of Topliss-reactive ketones (excluding diaryl/α,β-unsaturated/α-hetero) is 1. The summed E-state index contributed by atoms with van der Waals surface area (Å²) in [5.74, 6) is 0.333. The summed E-state index contributed by atoms with van der Waals surface area (Å²) in [6, 6.07) is 20.1. The number of amides is 1. The molecule has 0 radical (unpaired) electrons. The Bertz CT molecular complexity index is 1390. The molecule has 7 heteroatoms. The third kappa shape index (κ3) is 6.10. The lowest BCUT2D eigenvalue weighted by Gasteiger charge is -2.38. The van der Waals surface area contributed by atoms with Crippen molar-refractivity contribution < 1.29 is 19.1 Å². The van der Waals surface area contributed by atoms with E-state index in [0.717, 1.165) is 16.7 Å². The molecule has 1 aliphatic rings. The number of nitriles is 1. The molecule has 1 aliphatic heterocycles. The van der Waals surface area contributed by atoms with Crippen LogP contribution in [0.25, 0.3) is 0 Å². The molecule has 0 N–H and O–H groups in total. The van der Waals surface area contributed by atoms with Crippen LogP contribution in [0, 0.1) is 17.2 Å². The molecule has 6 nitrogen and oxygen atoms in total. The lowest BCUT2D eigenvalue weighted by atomic mass is 9.86. The molecular formula is C32H33ClN2O4. The number of hydrogen-bond donors (Lipinski definition) is 0. The summed E-state index contributed by atoms with van der Waals surface area (Å²) in [5.41, 5.74) is 3.98. The van der Waals surface area contributed by atoms with Gasteiger partial charge in [0.15, 0.2) is 17.3 Å². The number of anilines is 1. The van der Waals surface area contributed by atoms with Gasteiger partial charge in [-0.25, -0.2) is 0 Å². The fourth-order valence-corrected chi connectivity index (χ4v) is 5.13. The Morgan fingerprint density at radius 3 is 2.28 bits per heavy atom. The fourth-order valence-electron chi connectivity index (χ4n) is 5.01. The molecule has 0 aromatic heterocycles. The first kappa shape index (κ1) is 28.2. The molecule has 1 heterocycles. The second-order valence-corrected chi connectivity index (χ2v) is 10.9. The number of ether oxygens (including phenoxy) is 2. The van der Waals surface area contributed by atoms with Crippen LogP contribution in [0.1, 0.15) is 68.3 Å². The fraction of sp³-hybridized carbons (Fsp3) is 0.344. The average Bonchev–Trinajstić information content (AvgIpc) is 2.88. The highest BCUT2D eigenvalue weighted by Crippen LogP contribution is 2.44. The van der Waals surface area contributed by atoms with Gasteiger partial charge in [0.1, 0.15) is 5.92 Å². The monoisotopic (exact) mass is 544 g/mol. The zero-order valence-corrected chi connectivity index (χ0v) is 23.7. The lowest BCUT2D eigenvalue weighted by molar-refractivity contribution is -0.120. The number of carbonyl (C=O) groups is 2. The van der Waals surface area contributed by atoms with E-state index in [4.69, 9.17) is 21.1 Å². The van der Waals surface area contributed by atoms with Gasteiger partial charge in [-0.05, 0) is 78.4 Å². The van der Waals surface area contributed by atoms with Crippen LogP contribution in [0.4, 0.5) is 5.69 Å². The number of hydrogen-bond acceptors (Lipinski definition) is 5. The molecule has 1 amide bonds. The highest BCUT2D eigenvalue weighted by molar-refractivity contribution is 6.30. The van der Waals surface area contributed by atoms with Crippen LogP contribution in [-0.4, -0.2) is 24.9 Å². The van der Waals surface area contributed by atoms with Gasteiger partial charge < -0.3 is 14.4 Å². The molecule has 3 aromatic rings. The summed E-state index contributed by atoms with van der Waals surface area (Å²) >= 11 is 6.20. The SMILES string of the molecule is COc1cc2c(cc1OC(C)C)[C@H](c1ccc(Cl)cc1)N(c1ccc(C(C#N)C(=O)CC(C)C)cc1)C(=O)C2. The van der Waals surface area contributed by atoms with Gasteiger partial charge in [-0.3, -0.25) is 9.59 Å². The van der Waals surface area contributed by atoms with Crippen LogP contribution in [0.2, 0.25) is 5.02 Å². The molecule has 0 bridgehead atoms. The van der Waals surface area contributed by atoms with Gasteiger partial charge in [0, 0.05) is 17.1 Å².